The van der Waals surface area contributed by atoms with Gasteiger partial charge in [-0.05, 0) is 25.7 Å². The number of nitrogens with one attached hydrogen (secondary N) is 2. The molecule has 0 aliphatic rings. The van der Waals surface area contributed by atoms with Crippen molar-refractivity contribution in [3.63, 3.8) is 0 Å². The van der Waals surface area contributed by atoms with E-state index in [9.17, 15) is 39.0 Å². The monoisotopic (exact) mass is 711 g/mol. The molecule has 0 aromatic heterocycles. The van der Waals surface area contributed by atoms with Gasteiger partial charge in [0.25, 0.3) is 0 Å². The molecular formula is C34H66KN5O8. The van der Waals surface area contributed by atoms with E-state index in [0.29, 0.717) is 12.8 Å². The van der Waals surface area contributed by atoms with Gasteiger partial charge in [0.15, 0.2) is 0 Å². The van der Waals surface area contributed by atoms with Crippen LogP contribution in [0.4, 0.5) is 0 Å². The molecule has 0 aromatic rings. The smallest absolute Gasteiger partial charge is 0.548 e. The molecule has 0 aromatic carbocycles. The minimum Gasteiger partial charge on any atom is -0.548 e. The largest absolute Gasteiger partial charge is 1.00 e. The first-order valence-electron chi connectivity index (χ1n) is 17.5. The predicted molar refractivity (Wildman–Crippen MR) is 180 cm³/mol. The Morgan fingerprint density at radius 2 is 0.729 bits per heavy atom. The second-order valence-corrected chi connectivity index (χ2v) is 12.0. The average Bonchev–Trinajstić information content (AvgIpc) is 2.99. The molecule has 2 atom stereocenters. The SMILES string of the molecule is CCCCCCCCCCCC(=O)N[C@@H](CCC(N)=O)C(=O)[O-].CCCCCCCCCCCC(=O)N[C@@H](CCC(N)=O)C(=O)[O-].[K+].[NH4+]. The molecule has 0 rings (SSSR count). The van der Waals surface area contributed by atoms with E-state index < -0.39 is 35.8 Å². The first-order valence-corrected chi connectivity index (χ1v) is 17.5. The summed E-state index contributed by atoms with van der Waals surface area (Å²) in [7, 11) is 0. The van der Waals surface area contributed by atoms with Gasteiger partial charge in [-0.3, -0.25) is 19.2 Å². The number of carboxylic acids is 2. The molecule has 0 fully saturated rings. The fraction of sp³-hybridized carbons (Fsp3) is 0.824. The molecule has 10 N–H and O–H groups in total. The standard InChI is InChI=1S/2C17H32N2O4.K.H3N/c2*1-2-3-4-5-6-7-8-9-10-11-16(21)19-14(17(22)23)12-13-15(18)20;;/h2*14H,2-13H2,1H3,(H2,18,20)(H,19,21)(H,22,23);;1H3/q;;+1;/p-1/t2*14-;;/m00../s1. The maximum Gasteiger partial charge on any atom is 1.00 e. The van der Waals surface area contributed by atoms with Crippen molar-refractivity contribution in [3.05, 3.63) is 0 Å². The molecule has 13 nitrogen and oxygen atoms in total. The maximum absolute atomic E-state index is 11.7. The second kappa shape index (κ2) is 38.2. The molecule has 0 aliphatic carbocycles. The van der Waals surface area contributed by atoms with Crippen molar-refractivity contribution in [2.24, 2.45) is 11.5 Å². The summed E-state index contributed by atoms with van der Waals surface area (Å²) in [6.45, 7) is 4.40. The number of carbonyl (C=O) groups is 6. The number of carbonyl (C=O) groups excluding carboxylic acids is 6. The molecule has 0 heterocycles. The first kappa shape index (κ1) is 53.2. The quantitative estimate of drug-likeness (QED) is 0.0506. The third-order valence-corrected chi connectivity index (χ3v) is 7.61. The van der Waals surface area contributed by atoms with Crippen LogP contribution in [0.15, 0.2) is 0 Å². The Balaban J connectivity index is -0.000000387. The zero-order chi connectivity index (χ0) is 35.0. The summed E-state index contributed by atoms with van der Waals surface area (Å²) in [6, 6.07) is -2.29. The summed E-state index contributed by atoms with van der Waals surface area (Å²) in [5, 5.41) is 26.6. The second-order valence-electron chi connectivity index (χ2n) is 12.0. The number of unbranched alkanes of at least 4 members (excludes halogenated alkanes) is 16. The number of amides is 4. The zero-order valence-electron chi connectivity index (χ0n) is 30.5. The van der Waals surface area contributed by atoms with Crippen molar-refractivity contribution in [1.82, 2.24) is 16.8 Å². The van der Waals surface area contributed by atoms with Gasteiger partial charge < -0.3 is 48.1 Å². The zero-order valence-corrected chi connectivity index (χ0v) is 33.7. The van der Waals surface area contributed by atoms with Crippen LogP contribution in [0.3, 0.4) is 0 Å². The molecule has 0 spiro atoms. The Bertz CT molecular complexity index is 795. The van der Waals surface area contributed by atoms with Crippen LogP contribution in [0.1, 0.15) is 168 Å². The van der Waals surface area contributed by atoms with Crippen molar-refractivity contribution in [2.45, 2.75) is 180 Å². The van der Waals surface area contributed by atoms with Crippen LogP contribution < -0.4 is 89.8 Å². The van der Waals surface area contributed by atoms with E-state index in [1.165, 1.54) is 77.0 Å². The van der Waals surface area contributed by atoms with Crippen LogP contribution in [0, 0.1) is 0 Å². The van der Waals surface area contributed by atoms with Gasteiger partial charge in [0.05, 0.1) is 24.0 Å². The van der Waals surface area contributed by atoms with Crippen molar-refractivity contribution in [3.8, 4) is 0 Å². The number of hydrogen-bond donors (Lipinski definition) is 5. The van der Waals surface area contributed by atoms with Gasteiger partial charge in [-0.1, -0.05) is 117 Å². The third kappa shape index (κ3) is 38.9. The van der Waals surface area contributed by atoms with Crippen LogP contribution in [-0.2, 0) is 28.8 Å². The van der Waals surface area contributed by atoms with Crippen LogP contribution in [-0.4, -0.2) is 47.7 Å². The number of carboxylic acid groups (broad SMARTS) is 2. The Morgan fingerprint density at radius 3 is 0.958 bits per heavy atom. The molecule has 276 valence electrons. The number of hydrogen-bond acceptors (Lipinski definition) is 8. The van der Waals surface area contributed by atoms with E-state index in [2.05, 4.69) is 24.5 Å². The van der Waals surface area contributed by atoms with E-state index in [1.54, 1.807) is 0 Å². The number of rotatable bonds is 30. The van der Waals surface area contributed by atoms with Crippen molar-refractivity contribution >= 4 is 35.6 Å². The van der Waals surface area contributed by atoms with Crippen molar-refractivity contribution in [2.75, 3.05) is 0 Å². The van der Waals surface area contributed by atoms with Crippen LogP contribution in [0.2, 0.25) is 0 Å². The van der Waals surface area contributed by atoms with E-state index in [1.807, 2.05) is 0 Å². The number of nitrogens with two attached hydrogens (primary N) is 2. The molecule has 4 amide bonds. The van der Waals surface area contributed by atoms with Gasteiger partial charge in [-0.2, -0.15) is 0 Å². The fourth-order valence-corrected chi connectivity index (χ4v) is 4.80. The summed E-state index contributed by atoms with van der Waals surface area (Å²) in [4.78, 5) is 66.5. The van der Waals surface area contributed by atoms with Gasteiger partial charge in [0.1, 0.15) is 0 Å². The molecule has 0 radical (unpaired) electrons. The van der Waals surface area contributed by atoms with Gasteiger partial charge in [-0.25, -0.2) is 0 Å². The van der Waals surface area contributed by atoms with E-state index >= 15 is 0 Å². The van der Waals surface area contributed by atoms with Crippen molar-refractivity contribution < 1.29 is 90.4 Å². The Labute approximate surface area is 331 Å². The molecule has 0 aliphatic heterocycles. The molecular weight excluding hydrogens is 645 g/mol. The summed E-state index contributed by atoms with van der Waals surface area (Å²) in [5.74, 6) is -4.58. The maximum atomic E-state index is 11.7. The molecule has 0 saturated carbocycles. The molecule has 14 heteroatoms. The Morgan fingerprint density at radius 1 is 0.479 bits per heavy atom. The van der Waals surface area contributed by atoms with Crippen LogP contribution in [0.5, 0.6) is 0 Å². The number of primary amides is 2. The summed E-state index contributed by atoms with van der Waals surface area (Å²) in [5.41, 5.74) is 9.94. The number of quaternary nitrogens is 1. The van der Waals surface area contributed by atoms with Gasteiger partial charge in [-0.15, -0.1) is 0 Å². The van der Waals surface area contributed by atoms with Gasteiger partial charge >= 0.3 is 51.4 Å². The average molecular weight is 712 g/mol. The molecule has 48 heavy (non-hydrogen) atoms. The minimum absolute atomic E-state index is 0. The van der Waals surface area contributed by atoms with E-state index in [4.69, 9.17) is 11.5 Å². The van der Waals surface area contributed by atoms with E-state index in [-0.39, 0.29) is 95.0 Å². The number of aliphatic carboxylic acids is 2. The summed E-state index contributed by atoms with van der Waals surface area (Å²) >= 11 is 0. The van der Waals surface area contributed by atoms with Gasteiger partial charge in [0, 0.05) is 25.7 Å². The normalized spacial score (nSPS) is 11.4. The predicted octanol–water partition coefficient (Wildman–Crippen LogP) is 0.195. The fourth-order valence-electron chi connectivity index (χ4n) is 4.80. The molecule has 0 saturated heterocycles. The summed E-state index contributed by atoms with van der Waals surface area (Å²) in [6.07, 6.45) is 21.1. The van der Waals surface area contributed by atoms with E-state index in [0.717, 1.165) is 38.5 Å². The van der Waals surface area contributed by atoms with Crippen LogP contribution >= 0.6 is 0 Å². The van der Waals surface area contributed by atoms with Gasteiger partial charge in [0.2, 0.25) is 23.6 Å². The molecule has 0 bridgehead atoms. The summed E-state index contributed by atoms with van der Waals surface area (Å²) < 4.78 is 0. The minimum atomic E-state index is -1.38. The first-order chi connectivity index (χ1) is 21.9. The third-order valence-electron chi connectivity index (χ3n) is 7.61. The topological polar surface area (TPSA) is 261 Å². The van der Waals surface area contributed by atoms with Crippen molar-refractivity contribution in [1.29, 1.82) is 0 Å². The molecule has 0 unspecified atom stereocenters. The van der Waals surface area contributed by atoms with Crippen LogP contribution in [0.25, 0.3) is 0 Å². The Kier molecular flexibility index (Phi) is 42.4. The Hall–Kier alpha value is -1.58.